The number of sulfonamides is 1. The van der Waals surface area contributed by atoms with Gasteiger partial charge in [0.15, 0.2) is 0 Å². The minimum atomic E-state index is -3.40. The van der Waals surface area contributed by atoms with Gasteiger partial charge in [0.1, 0.15) is 0 Å². The van der Waals surface area contributed by atoms with Gasteiger partial charge in [-0.2, -0.15) is 0 Å². The number of amides is 1. The second-order valence-corrected chi connectivity index (χ2v) is 7.87. The van der Waals surface area contributed by atoms with E-state index in [2.05, 4.69) is 6.58 Å². The van der Waals surface area contributed by atoms with Crippen LogP contribution in [-0.4, -0.2) is 33.7 Å². The van der Waals surface area contributed by atoms with Crippen LogP contribution < -0.4 is 9.21 Å². The minimum absolute atomic E-state index is 0.0777. The predicted molar refractivity (Wildman–Crippen MR) is 101 cm³/mol. The lowest BCUT2D eigenvalue weighted by Gasteiger charge is -2.21. The fraction of sp³-hybridized carbons (Fsp3) is 0.211. The monoisotopic (exact) mass is 356 g/mol. The van der Waals surface area contributed by atoms with Gasteiger partial charge in [-0.3, -0.25) is 9.10 Å². The molecule has 1 amide bonds. The lowest BCUT2D eigenvalue weighted by molar-refractivity contribution is 0.0989. The zero-order valence-corrected chi connectivity index (χ0v) is 14.9. The van der Waals surface area contributed by atoms with Gasteiger partial charge in [-0.05, 0) is 42.3 Å². The number of hydrogen-bond donors (Lipinski definition) is 0. The molecule has 0 fully saturated rings. The summed E-state index contributed by atoms with van der Waals surface area (Å²) in [5, 5.41) is 0. The van der Waals surface area contributed by atoms with Gasteiger partial charge in [0, 0.05) is 17.8 Å². The van der Waals surface area contributed by atoms with Gasteiger partial charge in [-0.15, -0.1) is 6.58 Å². The summed E-state index contributed by atoms with van der Waals surface area (Å²) in [6, 6.07) is 14.5. The quantitative estimate of drug-likeness (QED) is 0.774. The SMILES string of the molecule is C=CCN(c1ccc(C(=O)N2CCc3ccccc32)cc1)S(C)(=O)=O. The molecule has 0 saturated carbocycles. The van der Waals surface area contributed by atoms with Crippen molar-refractivity contribution < 1.29 is 13.2 Å². The van der Waals surface area contributed by atoms with Crippen molar-refractivity contribution in [2.45, 2.75) is 6.42 Å². The van der Waals surface area contributed by atoms with E-state index in [1.165, 1.54) is 15.9 Å². The highest BCUT2D eigenvalue weighted by atomic mass is 32.2. The van der Waals surface area contributed by atoms with Crippen LogP contribution in [0.4, 0.5) is 11.4 Å². The number of carbonyl (C=O) groups excluding carboxylic acids is 1. The molecule has 1 aliphatic heterocycles. The maximum Gasteiger partial charge on any atom is 0.258 e. The van der Waals surface area contributed by atoms with E-state index in [4.69, 9.17) is 0 Å². The number of rotatable bonds is 5. The van der Waals surface area contributed by atoms with Crippen molar-refractivity contribution in [2.75, 3.05) is 28.6 Å². The van der Waals surface area contributed by atoms with Crippen molar-refractivity contribution in [1.82, 2.24) is 0 Å². The first kappa shape index (κ1) is 17.2. The van der Waals surface area contributed by atoms with Crippen LogP contribution in [0.15, 0.2) is 61.2 Å². The molecule has 5 nitrogen and oxygen atoms in total. The van der Waals surface area contributed by atoms with Crippen LogP contribution in [0.3, 0.4) is 0 Å². The Morgan fingerprint density at radius 1 is 1.20 bits per heavy atom. The first-order valence-corrected chi connectivity index (χ1v) is 9.85. The van der Waals surface area contributed by atoms with Gasteiger partial charge in [-0.1, -0.05) is 24.3 Å². The van der Waals surface area contributed by atoms with Crippen molar-refractivity contribution in [3.63, 3.8) is 0 Å². The molecule has 1 heterocycles. The molecule has 130 valence electrons. The van der Waals surface area contributed by atoms with Gasteiger partial charge in [0.2, 0.25) is 10.0 Å². The van der Waals surface area contributed by atoms with Gasteiger partial charge in [0.25, 0.3) is 5.91 Å². The summed E-state index contributed by atoms with van der Waals surface area (Å²) >= 11 is 0. The molecular weight excluding hydrogens is 336 g/mol. The smallest absolute Gasteiger partial charge is 0.258 e. The van der Waals surface area contributed by atoms with Gasteiger partial charge in [0.05, 0.1) is 18.5 Å². The molecule has 0 saturated heterocycles. The molecule has 2 aromatic carbocycles. The first-order chi connectivity index (χ1) is 11.9. The van der Waals surface area contributed by atoms with E-state index in [0.717, 1.165) is 18.4 Å². The van der Waals surface area contributed by atoms with Crippen molar-refractivity contribution >= 4 is 27.3 Å². The van der Waals surface area contributed by atoms with E-state index in [1.807, 2.05) is 24.3 Å². The molecule has 0 aliphatic carbocycles. The van der Waals surface area contributed by atoms with E-state index < -0.39 is 10.0 Å². The lowest BCUT2D eigenvalue weighted by atomic mass is 10.1. The average Bonchev–Trinajstić information content (AvgIpc) is 3.02. The Labute approximate surface area is 148 Å². The molecule has 3 rings (SSSR count). The Morgan fingerprint density at radius 2 is 1.88 bits per heavy atom. The third-order valence-corrected chi connectivity index (χ3v) is 5.39. The third kappa shape index (κ3) is 3.44. The summed E-state index contributed by atoms with van der Waals surface area (Å²) in [6.45, 7) is 4.44. The molecule has 0 unspecified atom stereocenters. The Hall–Kier alpha value is -2.60. The number of fused-ring (bicyclic) bond motifs is 1. The Morgan fingerprint density at radius 3 is 2.52 bits per heavy atom. The zero-order chi connectivity index (χ0) is 18.0. The van der Waals surface area contributed by atoms with Crippen molar-refractivity contribution in [3.8, 4) is 0 Å². The summed E-state index contributed by atoms with van der Waals surface area (Å²) in [4.78, 5) is 14.6. The normalized spacial score (nSPS) is 13.4. The molecule has 25 heavy (non-hydrogen) atoms. The van der Waals surface area contributed by atoms with Crippen molar-refractivity contribution in [1.29, 1.82) is 0 Å². The second-order valence-electron chi connectivity index (χ2n) is 5.97. The largest absolute Gasteiger partial charge is 0.308 e. The fourth-order valence-corrected chi connectivity index (χ4v) is 3.91. The molecule has 6 heteroatoms. The number of hydrogen-bond acceptors (Lipinski definition) is 3. The van der Waals surface area contributed by atoms with E-state index in [0.29, 0.717) is 17.8 Å². The molecule has 0 spiro atoms. The second kappa shape index (κ2) is 6.72. The summed E-state index contributed by atoms with van der Waals surface area (Å²) in [6.07, 6.45) is 3.53. The zero-order valence-electron chi connectivity index (χ0n) is 14.1. The third-order valence-electron chi connectivity index (χ3n) is 4.23. The van der Waals surface area contributed by atoms with E-state index >= 15 is 0 Å². The van der Waals surface area contributed by atoms with E-state index in [1.54, 1.807) is 29.2 Å². The number of benzene rings is 2. The van der Waals surface area contributed by atoms with Crippen LogP contribution >= 0.6 is 0 Å². The number of carbonyl (C=O) groups is 1. The maximum atomic E-state index is 12.8. The van der Waals surface area contributed by atoms with Crippen molar-refractivity contribution in [3.05, 3.63) is 72.3 Å². The predicted octanol–water partition coefficient (Wildman–Crippen LogP) is 2.84. The van der Waals surface area contributed by atoms with Gasteiger partial charge in [-0.25, -0.2) is 8.42 Å². The van der Waals surface area contributed by atoms with Crippen molar-refractivity contribution in [2.24, 2.45) is 0 Å². The number of para-hydroxylation sites is 1. The van der Waals surface area contributed by atoms with Crippen LogP contribution in [0.25, 0.3) is 0 Å². The van der Waals surface area contributed by atoms with E-state index in [9.17, 15) is 13.2 Å². The summed E-state index contributed by atoms with van der Waals surface area (Å²) in [5.41, 5.74) is 3.16. The van der Waals surface area contributed by atoms with Crippen LogP contribution in [-0.2, 0) is 16.4 Å². The topological polar surface area (TPSA) is 57.7 Å². The van der Waals surface area contributed by atoms with Crippen LogP contribution in [0.1, 0.15) is 15.9 Å². The minimum Gasteiger partial charge on any atom is -0.308 e. The number of anilines is 2. The molecule has 0 aromatic heterocycles. The highest BCUT2D eigenvalue weighted by Crippen LogP contribution is 2.29. The Balaban J connectivity index is 1.86. The molecule has 0 atom stereocenters. The first-order valence-electron chi connectivity index (χ1n) is 8.00. The molecular formula is C19H20N2O3S. The standard InChI is InChI=1S/C19H20N2O3S/c1-3-13-21(25(2,23)24)17-10-8-16(9-11-17)19(22)20-14-12-15-6-4-5-7-18(15)20/h3-11H,1,12-14H2,2H3. The number of nitrogens with zero attached hydrogens (tertiary/aromatic N) is 2. The summed E-state index contributed by atoms with van der Waals surface area (Å²) in [7, 11) is -3.40. The molecule has 2 aromatic rings. The molecule has 1 aliphatic rings. The van der Waals surface area contributed by atoms with E-state index in [-0.39, 0.29) is 12.5 Å². The van der Waals surface area contributed by atoms with Crippen LogP contribution in [0.2, 0.25) is 0 Å². The van der Waals surface area contributed by atoms with Gasteiger partial charge >= 0.3 is 0 Å². The lowest BCUT2D eigenvalue weighted by Crippen LogP contribution is -2.30. The highest BCUT2D eigenvalue weighted by molar-refractivity contribution is 7.92. The Kier molecular flexibility index (Phi) is 4.63. The molecule has 0 N–H and O–H groups in total. The average molecular weight is 356 g/mol. The highest BCUT2D eigenvalue weighted by Gasteiger charge is 2.25. The summed E-state index contributed by atoms with van der Waals surface area (Å²) < 4.78 is 25.0. The van der Waals surface area contributed by atoms with Gasteiger partial charge < -0.3 is 4.90 Å². The van der Waals surface area contributed by atoms with Crippen LogP contribution in [0.5, 0.6) is 0 Å². The molecule has 0 radical (unpaired) electrons. The summed E-state index contributed by atoms with van der Waals surface area (Å²) in [5.74, 6) is -0.0777. The maximum absolute atomic E-state index is 12.8. The Bertz CT molecular complexity index is 905. The van der Waals surface area contributed by atoms with Crippen LogP contribution in [0, 0.1) is 0 Å². The molecule has 0 bridgehead atoms. The fourth-order valence-electron chi connectivity index (χ4n) is 3.02.